The summed E-state index contributed by atoms with van der Waals surface area (Å²) < 4.78 is 0. The van der Waals surface area contributed by atoms with E-state index in [9.17, 15) is 4.79 Å². The van der Waals surface area contributed by atoms with E-state index in [1.807, 2.05) is 0 Å². The number of halogens is 2. The Morgan fingerprint density at radius 2 is 2.12 bits per heavy atom. The third-order valence-electron chi connectivity index (χ3n) is 0.650. The number of hydrogen-bond donors (Lipinski definition) is 1. The Labute approximate surface area is 64.5 Å². The monoisotopic (exact) mass is 244 g/mol. The molecule has 2 unspecified atom stereocenters. The van der Waals surface area contributed by atoms with E-state index in [0.29, 0.717) is 0 Å². The van der Waals surface area contributed by atoms with Crippen LogP contribution in [0.2, 0.25) is 0 Å². The van der Waals surface area contributed by atoms with Gasteiger partial charge in [0.05, 0.1) is 16.3 Å². The van der Waals surface area contributed by atoms with Crippen molar-refractivity contribution < 1.29 is 9.90 Å². The largest absolute Gasteiger partial charge is 0.395 e. The molecule has 0 saturated carbocycles. The van der Waals surface area contributed by atoms with Gasteiger partial charge in [-0.3, -0.25) is 0 Å². The van der Waals surface area contributed by atoms with Crippen LogP contribution in [0.1, 0.15) is 0 Å². The summed E-state index contributed by atoms with van der Waals surface area (Å²) in [7, 11) is 0. The average molecular weight is 246 g/mol. The van der Waals surface area contributed by atoms with Crippen molar-refractivity contribution in [2.45, 2.75) is 9.65 Å². The second-order valence-electron chi connectivity index (χ2n) is 1.28. The van der Waals surface area contributed by atoms with Crippen LogP contribution >= 0.6 is 31.9 Å². The van der Waals surface area contributed by atoms with Gasteiger partial charge in [0.25, 0.3) is 0 Å². The molecule has 0 amide bonds. The van der Waals surface area contributed by atoms with Crippen molar-refractivity contribution in [1.82, 2.24) is 0 Å². The van der Waals surface area contributed by atoms with E-state index in [2.05, 4.69) is 31.9 Å². The number of carbonyl (C=O) groups is 1. The highest BCUT2D eigenvalue weighted by Gasteiger charge is 2.11. The van der Waals surface area contributed by atoms with E-state index in [-0.39, 0.29) is 16.3 Å². The number of carbonyl (C=O) groups excluding carboxylic acids is 1. The second kappa shape index (κ2) is 4.47. The standard InChI is InChI=1S/C4H6Br2O2/c5-3(1-7)4(6)2-8/h1,3-4,8H,2H2. The molecule has 0 aromatic rings. The molecule has 0 rings (SSSR count). The molecule has 4 heteroatoms. The number of aliphatic hydroxyl groups excluding tert-OH is 1. The molecule has 2 atom stereocenters. The molecular weight excluding hydrogens is 240 g/mol. The number of aliphatic hydroxyl groups is 1. The molecule has 0 aromatic carbocycles. The molecule has 0 aliphatic rings. The fraction of sp³-hybridized carbons (Fsp3) is 0.750. The zero-order valence-corrected chi connectivity index (χ0v) is 7.22. The maximum Gasteiger partial charge on any atom is 0.134 e. The van der Waals surface area contributed by atoms with Gasteiger partial charge in [0.15, 0.2) is 0 Å². The zero-order valence-electron chi connectivity index (χ0n) is 4.05. The molecule has 8 heavy (non-hydrogen) atoms. The normalized spacial score (nSPS) is 17.4. The summed E-state index contributed by atoms with van der Waals surface area (Å²) >= 11 is 6.10. The average Bonchev–Trinajstić information content (AvgIpc) is 1.84. The maximum atomic E-state index is 9.92. The van der Waals surface area contributed by atoms with Crippen molar-refractivity contribution in [3.63, 3.8) is 0 Å². The number of hydrogen-bond acceptors (Lipinski definition) is 2. The Hall–Kier alpha value is 0.590. The third kappa shape index (κ3) is 2.79. The van der Waals surface area contributed by atoms with Crippen LogP contribution in [-0.4, -0.2) is 27.7 Å². The van der Waals surface area contributed by atoms with E-state index in [1.54, 1.807) is 0 Å². The van der Waals surface area contributed by atoms with E-state index >= 15 is 0 Å². The minimum absolute atomic E-state index is 0.0331. The molecule has 0 radical (unpaired) electrons. The van der Waals surface area contributed by atoms with Gasteiger partial charge in [0, 0.05) is 0 Å². The van der Waals surface area contributed by atoms with Crippen LogP contribution in [0.5, 0.6) is 0 Å². The van der Waals surface area contributed by atoms with Crippen molar-refractivity contribution >= 4 is 38.1 Å². The van der Waals surface area contributed by atoms with Gasteiger partial charge in [0.1, 0.15) is 6.29 Å². The molecule has 0 aliphatic carbocycles. The molecule has 48 valence electrons. The summed E-state index contributed by atoms with van der Waals surface area (Å²) in [6.07, 6.45) is 0.732. The lowest BCUT2D eigenvalue weighted by Gasteiger charge is -2.04. The van der Waals surface area contributed by atoms with Gasteiger partial charge >= 0.3 is 0 Å². The van der Waals surface area contributed by atoms with Gasteiger partial charge in [-0.1, -0.05) is 31.9 Å². The number of rotatable bonds is 3. The molecule has 0 saturated heterocycles. The molecule has 0 spiro atoms. The van der Waals surface area contributed by atoms with Crippen LogP contribution in [0, 0.1) is 0 Å². The minimum Gasteiger partial charge on any atom is -0.395 e. The highest BCUT2D eigenvalue weighted by atomic mass is 79.9. The smallest absolute Gasteiger partial charge is 0.134 e. The van der Waals surface area contributed by atoms with Gasteiger partial charge in [-0.15, -0.1) is 0 Å². The van der Waals surface area contributed by atoms with Gasteiger partial charge in [-0.2, -0.15) is 0 Å². The second-order valence-corrected chi connectivity index (χ2v) is 3.51. The molecule has 0 bridgehead atoms. The summed E-state index contributed by atoms with van der Waals surface area (Å²) in [5.74, 6) is 0. The lowest BCUT2D eigenvalue weighted by Crippen LogP contribution is -2.18. The Morgan fingerprint density at radius 3 is 2.25 bits per heavy atom. The first-order chi connectivity index (χ1) is 3.72. The first-order valence-corrected chi connectivity index (χ1v) is 3.89. The summed E-state index contributed by atoms with van der Waals surface area (Å²) in [6, 6.07) is 0. The molecule has 2 nitrogen and oxygen atoms in total. The molecule has 0 fully saturated rings. The fourth-order valence-corrected chi connectivity index (χ4v) is 0.478. The molecule has 0 heterocycles. The predicted octanol–water partition coefficient (Wildman–Crippen LogP) is 0.705. The first kappa shape index (κ1) is 8.59. The van der Waals surface area contributed by atoms with Gasteiger partial charge < -0.3 is 9.90 Å². The molecular formula is C4H6Br2O2. The third-order valence-corrected chi connectivity index (χ3v) is 3.07. The van der Waals surface area contributed by atoms with Crippen molar-refractivity contribution in [2.24, 2.45) is 0 Å². The first-order valence-electron chi connectivity index (χ1n) is 2.06. The molecule has 0 aromatic heterocycles. The number of aldehydes is 1. The van der Waals surface area contributed by atoms with Crippen LogP contribution in [0.4, 0.5) is 0 Å². The van der Waals surface area contributed by atoms with Gasteiger partial charge in [-0.05, 0) is 0 Å². The van der Waals surface area contributed by atoms with Crippen LogP contribution in [0.15, 0.2) is 0 Å². The van der Waals surface area contributed by atoms with Crippen LogP contribution in [-0.2, 0) is 4.79 Å². The highest BCUT2D eigenvalue weighted by molar-refractivity contribution is 9.12. The van der Waals surface area contributed by atoms with Crippen molar-refractivity contribution in [3.8, 4) is 0 Å². The number of alkyl halides is 2. The van der Waals surface area contributed by atoms with Crippen molar-refractivity contribution in [1.29, 1.82) is 0 Å². The predicted molar refractivity (Wildman–Crippen MR) is 38.6 cm³/mol. The van der Waals surface area contributed by atoms with E-state index < -0.39 is 0 Å². The van der Waals surface area contributed by atoms with Crippen molar-refractivity contribution in [2.75, 3.05) is 6.61 Å². The van der Waals surface area contributed by atoms with Gasteiger partial charge in [-0.25, -0.2) is 0 Å². The zero-order chi connectivity index (χ0) is 6.57. The van der Waals surface area contributed by atoms with Gasteiger partial charge in [0.2, 0.25) is 0 Å². The Morgan fingerprint density at radius 1 is 1.62 bits per heavy atom. The van der Waals surface area contributed by atoms with Crippen LogP contribution in [0.25, 0.3) is 0 Å². The summed E-state index contributed by atoms with van der Waals surface area (Å²) in [5, 5.41) is 8.40. The van der Waals surface area contributed by atoms with Crippen LogP contribution < -0.4 is 0 Å². The Balaban J connectivity index is 3.44. The topological polar surface area (TPSA) is 37.3 Å². The lowest BCUT2D eigenvalue weighted by molar-refractivity contribution is -0.107. The lowest BCUT2D eigenvalue weighted by atomic mass is 10.3. The van der Waals surface area contributed by atoms with E-state index in [1.165, 1.54) is 0 Å². The quantitative estimate of drug-likeness (QED) is 0.588. The van der Waals surface area contributed by atoms with E-state index in [0.717, 1.165) is 6.29 Å². The Kier molecular flexibility index (Phi) is 4.80. The maximum absolute atomic E-state index is 9.92. The summed E-state index contributed by atoms with van der Waals surface area (Å²) in [4.78, 5) is 9.47. The van der Waals surface area contributed by atoms with Crippen LogP contribution in [0.3, 0.4) is 0 Å². The van der Waals surface area contributed by atoms with E-state index in [4.69, 9.17) is 5.11 Å². The Bertz CT molecular complexity index is 76.4. The minimum atomic E-state index is -0.285. The summed E-state index contributed by atoms with van der Waals surface area (Å²) in [6.45, 7) is -0.0331. The highest BCUT2D eigenvalue weighted by Crippen LogP contribution is 2.10. The summed E-state index contributed by atoms with van der Waals surface area (Å²) in [5.41, 5.74) is 0. The molecule has 1 N–H and O–H groups in total. The van der Waals surface area contributed by atoms with Crippen molar-refractivity contribution in [3.05, 3.63) is 0 Å². The molecule has 0 aliphatic heterocycles. The fourth-order valence-electron chi connectivity index (χ4n) is 0.186. The SMILES string of the molecule is O=CC(Br)C(Br)CO.